The quantitative estimate of drug-likeness (QED) is 0.767. The first-order valence-electron chi connectivity index (χ1n) is 7.53. The van der Waals surface area contributed by atoms with E-state index in [9.17, 15) is 9.59 Å². The Balaban J connectivity index is 1.70. The summed E-state index contributed by atoms with van der Waals surface area (Å²) in [6.45, 7) is 0. The predicted octanol–water partition coefficient (Wildman–Crippen LogP) is 4.08. The number of halogens is 1. The highest BCUT2D eigenvalue weighted by molar-refractivity contribution is 6.32. The molecule has 0 fully saturated rings. The SMILES string of the molecule is Cn1ccc(C(=O)Nc2ccc(Oc3ccccc3Cl)cc2)cc1=O. The number of nitrogens with one attached hydrogen (secondary N) is 1. The van der Waals surface area contributed by atoms with Crippen LogP contribution in [0.5, 0.6) is 11.5 Å². The van der Waals surface area contributed by atoms with Crippen LogP contribution in [0.25, 0.3) is 0 Å². The van der Waals surface area contributed by atoms with Crippen molar-refractivity contribution in [3.05, 3.63) is 87.8 Å². The van der Waals surface area contributed by atoms with Gasteiger partial charge in [-0.2, -0.15) is 0 Å². The lowest BCUT2D eigenvalue weighted by Crippen LogP contribution is -2.19. The van der Waals surface area contributed by atoms with Gasteiger partial charge in [0, 0.05) is 30.6 Å². The van der Waals surface area contributed by atoms with E-state index < -0.39 is 0 Å². The first kappa shape index (κ1) is 16.8. The number of carbonyl (C=O) groups excluding carboxylic acids is 1. The van der Waals surface area contributed by atoms with Gasteiger partial charge in [-0.25, -0.2) is 0 Å². The zero-order valence-corrected chi connectivity index (χ0v) is 14.2. The second kappa shape index (κ2) is 7.23. The van der Waals surface area contributed by atoms with Gasteiger partial charge in [0.05, 0.1) is 5.02 Å². The minimum Gasteiger partial charge on any atom is -0.456 e. The second-order valence-electron chi connectivity index (χ2n) is 5.38. The third kappa shape index (κ3) is 4.08. The van der Waals surface area contributed by atoms with Gasteiger partial charge in [0.25, 0.3) is 11.5 Å². The summed E-state index contributed by atoms with van der Waals surface area (Å²) < 4.78 is 7.09. The first-order chi connectivity index (χ1) is 12.0. The normalized spacial score (nSPS) is 10.3. The molecule has 1 heterocycles. The molecule has 126 valence electrons. The lowest BCUT2D eigenvalue weighted by Gasteiger charge is -2.09. The number of carbonyl (C=O) groups is 1. The summed E-state index contributed by atoms with van der Waals surface area (Å²) in [6.07, 6.45) is 1.55. The van der Waals surface area contributed by atoms with E-state index in [2.05, 4.69) is 5.32 Å². The highest BCUT2D eigenvalue weighted by Gasteiger charge is 2.08. The van der Waals surface area contributed by atoms with E-state index in [1.165, 1.54) is 10.6 Å². The Labute approximate surface area is 149 Å². The number of pyridine rings is 1. The van der Waals surface area contributed by atoms with E-state index in [1.807, 2.05) is 12.1 Å². The van der Waals surface area contributed by atoms with Gasteiger partial charge in [0.2, 0.25) is 0 Å². The molecule has 5 nitrogen and oxygen atoms in total. The molecule has 0 atom stereocenters. The molecule has 3 aromatic rings. The number of amides is 1. The number of anilines is 1. The molecule has 1 aromatic heterocycles. The minimum atomic E-state index is -0.350. The molecular formula is C19H15ClN2O3. The highest BCUT2D eigenvalue weighted by Crippen LogP contribution is 2.29. The fourth-order valence-corrected chi connectivity index (χ4v) is 2.33. The Bertz CT molecular complexity index is 965. The van der Waals surface area contributed by atoms with Gasteiger partial charge in [-0.3, -0.25) is 9.59 Å². The number of para-hydroxylation sites is 1. The number of hydrogen-bond acceptors (Lipinski definition) is 3. The van der Waals surface area contributed by atoms with E-state index in [-0.39, 0.29) is 11.5 Å². The van der Waals surface area contributed by atoms with Crippen LogP contribution in [0, 0.1) is 0 Å². The van der Waals surface area contributed by atoms with Crippen LogP contribution in [-0.2, 0) is 7.05 Å². The number of aromatic nitrogens is 1. The second-order valence-corrected chi connectivity index (χ2v) is 5.78. The van der Waals surface area contributed by atoms with Crippen molar-refractivity contribution in [2.24, 2.45) is 7.05 Å². The summed E-state index contributed by atoms with van der Waals surface area (Å²) in [5.41, 5.74) is 0.660. The van der Waals surface area contributed by atoms with E-state index in [1.54, 1.807) is 55.7 Å². The minimum absolute atomic E-state index is 0.240. The van der Waals surface area contributed by atoms with Crippen LogP contribution in [0.4, 0.5) is 5.69 Å². The molecule has 0 aliphatic heterocycles. The van der Waals surface area contributed by atoms with Crippen molar-refractivity contribution >= 4 is 23.2 Å². The zero-order chi connectivity index (χ0) is 17.8. The van der Waals surface area contributed by atoms with Crippen molar-refractivity contribution in [3.63, 3.8) is 0 Å². The standard InChI is InChI=1S/C19H15ClN2O3/c1-22-11-10-13(12-18(22)23)19(24)21-14-6-8-15(9-7-14)25-17-5-3-2-4-16(17)20/h2-12H,1H3,(H,21,24). The Morgan fingerprint density at radius 3 is 2.48 bits per heavy atom. The Morgan fingerprint density at radius 2 is 1.80 bits per heavy atom. The van der Waals surface area contributed by atoms with E-state index in [4.69, 9.17) is 16.3 Å². The van der Waals surface area contributed by atoms with Crippen molar-refractivity contribution < 1.29 is 9.53 Å². The Morgan fingerprint density at radius 1 is 1.08 bits per heavy atom. The molecule has 6 heteroatoms. The smallest absolute Gasteiger partial charge is 0.255 e. The number of aryl methyl sites for hydroxylation is 1. The third-order valence-electron chi connectivity index (χ3n) is 3.54. The van der Waals surface area contributed by atoms with Crippen molar-refractivity contribution in [1.82, 2.24) is 4.57 Å². The van der Waals surface area contributed by atoms with Gasteiger partial charge < -0.3 is 14.6 Å². The molecular weight excluding hydrogens is 340 g/mol. The monoisotopic (exact) mass is 354 g/mol. The summed E-state index contributed by atoms with van der Waals surface area (Å²) in [4.78, 5) is 23.8. The molecule has 0 saturated carbocycles. The highest BCUT2D eigenvalue weighted by atomic mass is 35.5. The Kier molecular flexibility index (Phi) is 4.86. The molecule has 1 amide bonds. The number of benzene rings is 2. The van der Waals surface area contributed by atoms with Gasteiger partial charge in [-0.05, 0) is 42.5 Å². The van der Waals surface area contributed by atoms with E-state index in [0.29, 0.717) is 27.8 Å². The summed E-state index contributed by atoms with van der Waals surface area (Å²) in [5.74, 6) is 0.804. The van der Waals surface area contributed by atoms with Gasteiger partial charge in [0.1, 0.15) is 11.5 Å². The fraction of sp³-hybridized carbons (Fsp3) is 0.0526. The van der Waals surface area contributed by atoms with Crippen molar-refractivity contribution in [3.8, 4) is 11.5 Å². The van der Waals surface area contributed by atoms with Crippen LogP contribution in [0.1, 0.15) is 10.4 Å². The van der Waals surface area contributed by atoms with Crippen molar-refractivity contribution in [2.75, 3.05) is 5.32 Å². The van der Waals surface area contributed by atoms with Gasteiger partial charge in [0.15, 0.2) is 0 Å². The van der Waals surface area contributed by atoms with E-state index in [0.717, 1.165) is 0 Å². The molecule has 2 aromatic carbocycles. The maximum absolute atomic E-state index is 12.2. The van der Waals surface area contributed by atoms with Crippen LogP contribution in [0.3, 0.4) is 0 Å². The van der Waals surface area contributed by atoms with Crippen LogP contribution >= 0.6 is 11.6 Å². The van der Waals surface area contributed by atoms with Crippen LogP contribution in [0.15, 0.2) is 71.7 Å². The first-order valence-corrected chi connectivity index (χ1v) is 7.91. The lowest BCUT2D eigenvalue weighted by atomic mass is 10.2. The summed E-state index contributed by atoms with van der Waals surface area (Å²) in [5, 5.41) is 3.26. The number of ether oxygens (including phenoxy) is 1. The van der Waals surface area contributed by atoms with Crippen molar-refractivity contribution in [2.45, 2.75) is 0 Å². The molecule has 0 spiro atoms. The fourth-order valence-electron chi connectivity index (χ4n) is 2.15. The number of nitrogens with zero attached hydrogens (tertiary/aromatic N) is 1. The Hall–Kier alpha value is -3.05. The molecule has 0 aliphatic carbocycles. The van der Waals surface area contributed by atoms with Crippen LogP contribution < -0.4 is 15.6 Å². The summed E-state index contributed by atoms with van der Waals surface area (Å²) in [7, 11) is 1.63. The number of rotatable bonds is 4. The van der Waals surface area contributed by atoms with E-state index >= 15 is 0 Å². The maximum atomic E-state index is 12.2. The average molecular weight is 355 g/mol. The third-order valence-corrected chi connectivity index (χ3v) is 3.86. The molecule has 1 N–H and O–H groups in total. The molecule has 0 saturated heterocycles. The molecule has 0 unspecified atom stereocenters. The lowest BCUT2D eigenvalue weighted by molar-refractivity contribution is 0.102. The molecule has 0 aliphatic rings. The predicted molar refractivity (Wildman–Crippen MR) is 97.6 cm³/mol. The van der Waals surface area contributed by atoms with Gasteiger partial charge in [-0.1, -0.05) is 23.7 Å². The molecule has 25 heavy (non-hydrogen) atoms. The molecule has 0 radical (unpaired) electrons. The largest absolute Gasteiger partial charge is 0.456 e. The summed E-state index contributed by atoms with van der Waals surface area (Å²) >= 11 is 6.06. The topological polar surface area (TPSA) is 60.3 Å². The van der Waals surface area contributed by atoms with Gasteiger partial charge >= 0.3 is 0 Å². The van der Waals surface area contributed by atoms with Crippen LogP contribution in [0.2, 0.25) is 5.02 Å². The van der Waals surface area contributed by atoms with Crippen molar-refractivity contribution in [1.29, 1.82) is 0 Å². The maximum Gasteiger partial charge on any atom is 0.255 e. The molecule has 0 bridgehead atoms. The van der Waals surface area contributed by atoms with Gasteiger partial charge in [-0.15, -0.1) is 0 Å². The zero-order valence-electron chi connectivity index (χ0n) is 13.4. The molecule has 3 rings (SSSR count). The van der Waals surface area contributed by atoms with Crippen LogP contribution in [-0.4, -0.2) is 10.5 Å². The average Bonchev–Trinajstić information content (AvgIpc) is 2.61. The number of hydrogen-bond donors (Lipinski definition) is 1. The summed E-state index contributed by atoms with van der Waals surface area (Å²) in [6, 6.07) is 16.9.